The smallest absolute Gasteiger partial charge is 0.263 e. The minimum Gasteiger partial charge on any atom is -0.379 e. The molecule has 0 bridgehead atoms. The number of H-pyrrole nitrogens is 1. The maximum atomic E-state index is 13.9. The molecule has 26 heavy (non-hydrogen) atoms. The lowest BCUT2D eigenvalue weighted by molar-refractivity contribution is -0.00725. The van der Waals surface area contributed by atoms with Gasteiger partial charge >= 0.3 is 0 Å². The highest BCUT2D eigenvalue weighted by molar-refractivity contribution is 5.93. The fraction of sp³-hybridized carbons (Fsp3) is 0.421. The van der Waals surface area contributed by atoms with Gasteiger partial charge in [0, 0.05) is 26.4 Å². The van der Waals surface area contributed by atoms with Crippen LogP contribution in [0.4, 0.5) is 4.39 Å². The van der Waals surface area contributed by atoms with E-state index in [0.717, 1.165) is 0 Å². The maximum Gasteiger partial charge on any atom is 0.263 e. The third kappa shape index (κ3) is 3.83. The molecule has 1 amide bonds. The van der Waals surface area contributed by atoms with Crippen molar-refractivity contribution in [1.29, 1.82) is 0 Å². The largest absolute Gasteiger partial charge is 0.379 e. The number of nitrogens with zero attached hydrogens (tertiary/aromatic N) is 2. The first-order valence-corrected chi connectivity index (χ1v) is 8.61. The molecular formula is C19H22FN3O3. The molecular weight excluding hydrogens is 337 g/mol. The van der Waals surface area contributed by atoms with Crippen LogP contribution in [0.3, 0.4) is 0 Å². The molecule has 0 aliphatic carbocycles. The molecule has 6 nitrogen and oxygen atoms in total. The molecule has 1 saturated heterocycles. The van der Waals surface area contributed by atoms with Crippen molar-refractivity contribution in [2.75, 3.05) is 20.2 Å². The van der Waals surface area contributed by atoms with Gasteiger partial charge < -0.3 is 14.6 Å². The van der Waals surface area contributed by atoms with E-state index in [0.29, 0.717) is 37.3 Å². The lowest BCUT2D eigenvalue weighted by Crippen LogP contribution is -2.49. The summed E-state index contributed by atoms with van der Waals surface area (Å²) in [5.74, 6) is -0.0106. The molecule has 1 aromatic carbocycles. The number of aryl methyl sites for hydroxylation is 1. The summed E-state index contributed by atoms with van der Waals surface area (Å²) >= 11 is 0. The number of methoxy groups -OCH3 is 1. The van der Waals surface area contributed by atoms with E-state index in [4.69, 9.17) is 4.74 Å². The lowest BCUT2D eigenvalue weighted by atomic mass is 9.87. The Balaban J connectivity index is 1.72. The van der Waals surface area contributed by atoms with Gasteiger partial charge in [-0.2, -0.15) is 0 Å². The zero-order valence-corrected chi connectivity index (χ0v) is 14.9. The van der Waals surface area contributed by atoms with Crippen LogP contribution in [0.5, 0.6) is 0 Å². The van der Waals surface area contributed by atoms with E-state index in [9.17, 15) is 14.0 Å². The topological polar surface area (TPSA) is 75.3 Å². The summed E-state index contributed by atoms with van der Waals surface area (Å²) in [5, 5.41) is 0. The first-order valence-electron chi connectivity index (χ1n) is 8.61. The Morgan fingerprint density at radius 2 is 2.19 bits per heavy atom. The first kappa shape index (κ1) is 18.3. The van der Waals surface area contributed by atoms with Crippen LogP contribution in [0.2, 0.25) is 0 Å². The molecule has 138 valence electrons. The van der Waals surface area contributed by atoms with Crippen LogP contribution in [-0.2, 0) is 11.2 Å². The number of ether oxygens (including phenoxy) is 1. The second-order valence-corrected chi connectivity index (χ2v) is 6.58. The molecule has 0 radical (unpaired) electrons. The van der Waals surface area contributed by atoms with Crippen molar-refractivity contribution in [2.45, 2.75) is 25.9 Å². The number of piperidine rings is 1. The number of hydrogen-bond donors (Lipinski definition) is 1. The minimum atomic E-state index is -0.440. The average Bonchev–Trinajstić information content (AvgIpc) is 2.63. The number of aromatic amines is 1. The second-order valence-electron chi connectivity index (χ2n) is 6.58. The fourth-order valence-corrected chi connectivity index (χ4v) is 3.40. The number of hydrogen-bond acceptors (Lipinski definition) is 4. The third-order valence-electron chi connectivity index (χ3n) is 4.88. The number of amides is 1. The Morgan fingerprint density at radius 1 is 1.42 bits per heavy atom. The summed E-state index contributed by atoms with van der Waals surface area (Å²) < 4.78 is 19.5. The normalized spacial score (nSPS) is 20.2. The van der Waals surface area contributed by atoms with Gasteiger partial charge in [-0.1, -0.05) is 18.2 Å². The standard InChI is InChI=1S/C19H22FN3O3/c1-12-21-10-15(18(24)22-12)19(25)23-8-7-14(17(11-23)26-2)9-13-5-3-4-6-16(13)20/h3-6,10,14,17H,7-9,11H2,1-2H3,(H,21,22,24)/t14-,17+/m1/s1. The third-order valence-corrected chi connectivity index (χ3v) is 4.88. The summed E-state index contributed by atoms with van der Waals surface area (Å²) in [6.07, 6.45) is 2.32. The van der Waals surface area contributed by atoms with Crippen molar-refractivity contribution in [3.63, 3.8) is 0 Å². The van der Waals surface area contributed by atoms with Crippen LogP contribution >= 0.6 is 0 Å². The molecule has 2 atom stereocenters. The lowest BCUT2D eigenvalue weighted by Gasteiger charge is -2.37. The Labute approximate surface area is 151 Å². The van der Waals surface area contributed by atoms with Gasteiger partial charge in [0.05, 0.1) is 6.10 Å². The van der Waals surface area contributed by atoms with Crippen molar-refractivity contribution in [3.05, 3.63) is 63.6 Å². The zero-order chi connectivity index (χ0) is 18.7. The SMILES string of the molecule is CO[C@H]1CN(C(=O)c2cnc(C)[nH]c2=O)CC[C@@H]1Cc1ccccc1F. The van der Waals surface area contributed by atoms with Gasteiger partial charge in [-0.15, -0.1) is 0 Å². The Bertz CT molecular complexity index is 852. The first-order chi connectivity index (χ1) is 12.5. The molecule has 2 aromatic rings. The monoisotopic (exact) mass is 359 g/mol. The number of carbonyl (C=O) groups is 1. The van der Waals surface area contributed by atoms with Crippen LogP contribution in [0.25, 0.3) is 0 Å². The van der Waals surface area contributed by atoms with Gasteiger partial charge in [-0.3, -0.25) is 9.59 Å². The Hall–Kier alpha value is -2.54. The summed E-state index contributed by atoms with van der Waals surface area (Å²) in [6, 6.07) is 6.71. The molecule has 0 spiro atoms. The molecule has 0 unspecified atom stereocenters. The minimum absolute atomic E-state index is 0.0259. The van der Waals surface area contributed by atoms with E-state index in [1.54, 1.807) is 31.1 Å². The van der Waals surface area contributed by atoms with Gasteiger partial charge in [-0.25, -0.2) is 9.37 Å². The summed E-state index contributed by atoms with van der Waals surface area (Å²) in [6.45, 7) is 2.51. The molecule has 1 fully saturated rings. The van der Waals surface area contributed by atoms with E-state index in [-0.39, 0.29) is 29.3 Å². The van der Waals surface area contributed by atoms with Crippen LogP contribution in [0.1, 0.15) is 28.2 Å². The predicted molar refractivity (Wildman–Crippen MR) is 94.5 cm³/mol. The molecule has 1 aliphatic heterocycles. The van der Waals surface area contributed by atoms with Gasteiger partial charge in [0.2, 0.25) is 0 Å². The summed E-state index contributed by atoms with van der Waals surface area (Å²) in [5.41, 5.74) is 0.237. The second kappa shape index (κ2) is 7.78. The number of nitrogens with one attached hydrogen (secondary N) is 1. The van der Waals surface area contributed by atoms with Crippen molar-refractivity contribution in [1.82, 2.24) is 14.9 Å². The van der Waals surface area contributed by atoms with Gasteiger partial charge in [0.1, 0.15) is 17.2 Å². The summed E-state index contributed by atoms with van der Waals surface area (Å²) in [7, 11) is 1.59. The zero-order valence-electron chi connectivity index (χ0n) is 14.9. The number of aromatic nitrogens is 2. The van der Waals surface area contributed by atoms with E-state index >= 15 is 0 Å². The quantitative estimate of drug-likeness (QED) is 0.905. The van der Waals surface area contributed by atoms with Crippen LogP contribution < -0.4 is 5.56 Å². The van der Waals surface area contributed by atoms with Crippen LogP contribution in [-0.4, -0.2) is 47.1 Å². The highest BCUT2D eigenvalue weighted by atomic mass is 19.1. The predicted octanol–water partition coefficient (Wildman–Crippen LogP) is 1.94. The average molecular weight is 359 g/mol. The molecule has 1 N–H and O–H groups in total. The van der Waals surface area contributed by atoms with Crippen molar-refractivity contribution < 1.29 is 13.9 Å². The molecule has 1 aliphatic rings. The van der Waals surface area contributed by atoms with Gasteiger partial charge in [0.25, 0.3) is 11.5 Å². The van der Waals surface area contributed by atoms with E-state index in [1.165, 1.54) is 12.3 Å². The van der Waals surface area contributed by atoms with E-state index < -0.39 is 5.56 Å². The Kier molecular flexibility index (Phi) is 5.46. The van der Waals surface area contributed by atoms with Gasteiger partial charge in [-0.05, 0) is 37.3 Å². The number of rotatable bonds is 4. The summed E-state index contributed by atoms with van der Waals surface area (Å²) in [4.78, 5) is 32.8. The molecule has 0 saturated carbocycles. The van der Waals surface area contributed by atoms with Crippen LogP contribution in [0, 0.1) is 18.7 Å². The number of likely N-dealkylation sites (tertiary alicyclic amines) is 1. The fourth-order valence-electron chi connectivity index (χ4n) is 3.40. The maximum absolute atomic E-state index is 13.9. The molecule has 1 aromatic heterocycles. The van der Waals surface area contributed by atoms with Crippen molar-refractivity contribution >= 4 is 5.91 Å². The van der Waals surface area contributed by atoms with Gasteiger partial charge in [0.15, 0.2) is 0 Å². The highest BCUT2D eigenvalue weighted by Gasteiger charge is 2.33. The van der Waals surface area contributed by atoms with E-state index in [1.807, 2.05) is 6.07 Å². The molecule has 3 rings (SSSR count). The molecule has 2 heterocycles. The molecule has 7 heteroatoms. The van der Waals surface area contributed by atoms with Crippen LogP contribution in [0.15, 0.2) is 35.3 Å². The van der Waals surface area contributed by atoms with E-state index in [2.05, 4.69) is 9.97 Å². The van der Waals surface area contributed by atoms with Crippen molar-refractivity contribution in [3.8, 4) is 0 Å². The van der Waals surface area contributed by atoms with Crippen molar-refractivity contribution in [2.24, 2.45) is 5.92 Å². The Morgan fingerprint density at radius 3 is 2.88 bits per heavy atom. The number of carbonyl (C=O) groups excluding carboxylic acids is 1. The number of halogens is 1. The highest BCUT2D eigenvalue weighted by Crippen LogP contribution is 2.26. The number of benzene rings is 1.